The second-order valence-electron chi connectivity index (χ2n) is 2.87. The number of aromatic carboxylic acids is 1. The summed E-state index contributed by atoms with van der Waals surface area (Å²) < 4.78 is 18.3. The van der Waals surface area contributed by atoms with Gasteiger partial charge in [0.1, 0.15) is 11.6 Å². The molecular formula is C11H11FO3. The highest BCUT2D eigenvalue weighted by molar-refractivity contribution is 5.88. The largest absolute Gasteiger partial charge is 0.493 e. The van der Waals surface area contributed by atoms with E-state index in [1.807, 2.05) is 0 Å². The zero-order valence-electron chi connectivity index (χ0n) is 8.07. The van der Waals surface area contributed by atoms with Crippen LogP contribution in [-0.2, 0) is 0 Å². The predicted octanol–water partition coefficient (Wildman–Crippen LogP) is 2.48. The fraction of sp³-hybridized carbons (Fsp3) is 0.182. The van der Waals surface area contributed by atoms with Crippen LogP contribution in [0, 0.1) is 5.82 Å². The summed E-state index contributed by atoms with van der Waals surface area (Å²) in [7, 11) is 0. The number of ether oxygens (including phenoxy) is 1. The van der Waals surface area contributed by atoms with E-state index in [-0.39, 0.29) is 5.56 Å². The molecule has 0 bridgehead atoms. The lowest BCUT2D eigenvalue weighted by Crippen LogP contribution is -2.02. The molecule has 0 radical (unpaired) electrons. The zero-order valence-corrected chi connectivity index (χ0v) is 8.07. The first kappa shape index (κ1) is 11.2. The Morgan fingerprint density at radius 1 is 1.60 bits per heavy atom. The summed E-state index contributed by atoms with van der Waals surface area (Å²) in [6.45, 7) is 3.91. The Labute approximate surface area is 86.8 Å². The summed E-state index contributed by atoms with van der Waals surface area (Å²) in [5.41, 5.74) is -0.355. The fourth-order valence-electron chi connectivity index (χ4n) is 1.02. The minimum absolute atomic E-state index is 0.319. The van der Waals surface area contributed by atoms with Crippen molar-refractivity contribution in [1.82, 2.24) is 0 Å². The molecule has 15 heavy (non-hydrogen) atoms. The van der Waals surface area contributed by atoms with Crippen molar-refractivity contribution in [3.8, 4) is 5.75 Å². The summed E-state index contributed by atoms with van der Waals surface area (Å²) in [4.78, 5) is 10.5. The lowest BCUT2D eigenvalue weighted by Gasteiger charge is -2.05. The SMILES string of the molecule is C=CCCOc1ccc(C(=O)O)c(F)c1. The number of carboxylic acid groups (broad SMARTS) is 1. The summed E-state index contributed by atoms with van der Waals surface area (Å²) in [6, 6.07) is 3.67. The first-order valence-corrected chi connectivity index (χ1v) is 4.41. The van der Waals surface area contributed by atoms with Gasteiger partial charge in [0.2, 0.25) is 0 Å². The molecule has 0 unspecified atom stereocenters. The molecule has 0 amide bonds. The molecule has 1 aromatic rings. The molecule has 0 heterocycles. The molecule has 0 fully saturated rings. The van der Waals surface area contributed by atoms with E-state index in [4.69, 9.17) is 9.84 Å². The molecule has 0 aliphatic carbocycles. The van der Waals surface area contributed by atoms with Gasteiger partial charge in [0.25, 0.3) is 0 Å². The van der Waals surface area contributed by atoms with Crippen LogP contribution >= 0.6 is 0 Å². The van der Waals surface area contributed by atoms with Crippen molar-refractivity contribution in [1.29, 1.82) is 0 Å². The normalized spacial score (nSPS) is 9.67. The first-order chi connectivity index (χ1) is 7.15. The van der Waals surface area contributed by atoms with E-state index < -0.39 is 11.8 Å². The van der Waals surface area contributed by atoms with E-state index in [1.54, 1.807) is 6.08 Å². The Balaban J connectivity index is 2.73. The van der Waals surface area contributed by atoms with E-state index in [2.05, 4.69) is 6.58 Å². The molecule has 1 N–H and O–H groups in total. The van der Waals surface area contributed by atoms with Gasteiger partial charge in [-0.05, 0) is 18.6 Å². The van der Waals surface area contributed by atoms with E-state index in [9.17, 15) is 9.18 Å². The highest BCUT2D eigenvalue weighted by atomic mass is 19.1. The molecule has 0 aliphatic rings. The Bertz CT molecular complexity index is 374. The van der Waals surface area contributed by atoms with Gasteiger partial charge in [-0.1, -0.05) is 6.08 Å². The van der Waals surface area contributed by atoms with Gasteiger partial charge in [-0.25, -0.2) is 9.18 Å². The Morgan fingerprint density at radius 3 is 2.87 bits per heavy atom. The molecule has 0 aromatic heterocycles. The minimum atomic E-state index is -1.29. The second kappa shape index (κ2) is 5.14. The standard InChI is InChI=1S/C11H11FO3/c1-2-3-6-15-8-4-5-9(11(13)14)10(12)7-8/h2,4-5,7H,1,3,6H2,(H,13,14). The van der Waals surface area contributed by atoms with Crippen LogP contribution in [0.3, 0.4) is 0 Å². The minimum Gasteiger partial charge on any atom is -0.493 e. The van der Waals surface area contributed by atoms with Crippen LogP contribution in [0.25, 0.3) is 0 Å². The Kier molecular flexibility index (Phi) is 3.85. The molecule has 0 aliphatic heterocycles. The third kappa shape index (κ3) is 3.09. The van der Waals surface area contributed by atoms with Crippen molar-refractivity contribution >= 4 is 5.97 Å². The topological polar surface area (TPSA) is 46.5 Å². The maximum absolute atomic E-state index is 13.1. The van der Waals surface area contributed by atoms with Crippen molar-refractivity contribution in [3.63, 3.8) is 0 Å². The number of carboxylic acids is 1. The molecular weight excluding hydrogens is 199 g/mol. The maximum atomic E-state index is 13.1. The van der Waals surface area contributed by atoms with Crippen LogP contribution in [-0.4, -0.2) is 17.7 Å². The van der Waals surface area contributed by atoms with Gasteiger partial charge in [0, 0.05) is 6.07 Å². The molecule has 0 spiro atoms. The highest BCUT2D eigenvalue weighted by Gasteiger charge is 2.10. The monoisotopic (exact) mass is 210 g/mol. The van der Waals surface area contributed by atoms with Gasteiger partial charge >= 0.3 is 5.97 Å². The third-order valence-corrected chi connectivity index (χ3v) is 1.76. The summed E-state index contributed by atoms with van der Waals surface area (Å²) in [6.07, 6.45) is 2.34. The van der Waals surface area contributed by atoms with Crippen molar-refractivity contribution < 1.29 is 19.0 Å². The van der Waals surface area contributed by atoms with Crippen LogP contribution in [0.1, 0.15) is 16.8 Å². The second-order valence-corrected chi connectivity index (χ2v) is 2.87. The van der Waals surface area contributed by atoms with E-state index in [0.717, 1.165) is 6.07 Å². The molecule has 0 saturated heterocycles. The molecule has 1 aromatic carbocycles. The lowest BCUT2D eigenvalue weighted by atomic mass is 10.2. The maximum Gasteiger partial charge on any atom is 0.338 e. The predicted molar refractivity (Wildman–Crippen MR) is 53.7 cm³/mol. The van der Waals surface area contributed by atoms with Gasteiger partial charge in [0.15, 0.2) is 0 Å². The zero-order chi connectivity index (χ0) is 11.3. The van der Waals surface area contributed by atoms with Gasteiger partial charge in [-0.2, -0.15) is 0 Å². The van der Waals surface area contributed by atoms with Gasteiger partial charge in [0.05, 0.1) is 12.2 Å². The number of benzene rings is 1. The molecule has 3 nitrogen and oxygen atoms in total. The van der Waals surface area contributed by atoms with Crippen molar-refractivity contribution in [2.75, 3.05) is 6.61 Å². The van der Waals surface area contributed by atoms with Crippen molar-refractivity contribution in [2.24, 2.45) is 0 Å². The van der Waals surface area contributed by atoms with Crippen LogP contribution in [0.15, 0.2) is 30.9 Å². The number of hydrogen-bond donors (Lipinski definition) is 1. The number of carbonyl (C=O) groups is 1. The highest BCUT2D eigenvalue weighted by Crippen LogP contribution is 2.16. The summed E-state index contributed by atoms with van der Waals surface area (Å²) in [5.74, 6) is -1.76. The molecule has 4 heteroatoms. The van der Waals surface area contributed by atoms with Crippen LogP contribution < -0.4 is 4.74 Å². The smallest absolute Gasteiger partial charge is 0.338 e. The molecule has 80 valence electrons. The summed E-state index contributed by atoms with van der Waals surface area (Å²) >= 11 is 0. The number of halogens is 1. The van der Waals surface area contributed by atoms with Gasteiger partial charge in [-0.15, -0.1) is 6.58 Å². The number of rotatable bonds is 5. The molecule has 0 atom stereocenters. The Hall–Kier alpha value is -1.84. The van der Waals surface area contributed by atoms with Crippen molar-refractivity contribution in [3.05, 3.63) is 42.2 Å². The quantitative estimate of drug-likeness (QED) is 0.599. The first-order valence-electron chi connectivity index (χ1n) is 4.41. The van der Waals surface area contributed by atoms with Crippen LogP contribution in [0.5, 0.6) is 5.75 Å². The van der Waals surface area contributed by atoms with Crippen LogP contribution in [0.4, 0.5) is 4.39 Å². The third-order valence-electron chi connectivity index (χ3n) is 1.76. The van der Waals surface area contributed by atoms with Gasteiger partial charge in [-0.3, -0.25) is 0 Å². The van der Waals surface area contributed by atoms with E-state index in [1.165, 1.54) is 12.1 Å². The Morgan fingerprint density at radius 2 is 2.33 bits per heavy atom. The molecule has 1 rings (SSSR count). The summed E-state index contributed by atoms with van der Waals surface area (Å²) in [5, 5.41) is 8.58. The molecule has 0 saturated carbocycles. The van der Waals surface area contributed by atoms with Crippen LogP contribution in [0.2, 0.25) is 0 Å². The number of hydrogen-bond acceptors (Lipinski definition) is 2. The average molecular weight is 210 g/mol. The van der Waals surface area contributed by atoms with Gasteiger partial charge < -0.3 is 9.84 Å². The van der Waals surface area contributed by atoms with E-state index in [0.29, 0.717) is 18.8 Å². The van der Waals surface area contributed by atoms with E-state index >= 15 is 0 Å². The average Bonchev–Trinajstić information content (AvgIpc) is 2.17. The lowest BCUT2D eigenvalue weighted by molar-refractivity contribution is 0.0692. The van der Waals surface area contributed by atoms with Crippen molar-refractivity contribution in [2.45, 2.75) is 6.42 Å². The fourth-order valence-corrected chi connectivity index (χ4v) is 1.02.